The number of nitrogens with zero attached hydrogens (tertiary/aromatic N) is 2. The van der Waals surface area contributed by atoms with Gasteiger partial charge in [-0.25, -0.2) is 0 Å². The summed E-state index contributed by atoms with van der Waals surface area (Å²) in [6.07, 6.45) is 0. The average molecular weight is 160 g/mol. The fourth-order valence-electron chi connectivity index (χ4n) is 1.14. The predicted octanol–water partition coefficient (Wildman–Crippen LogP) is 0.479. The van der Waals surface area contributed by atoms with Gasteiger partial charge in [0.2, 0.25) is 0 Å². The molecule has 0 aromatic carbocycles. The van der Waals surface area contributed by atoms with Crippen LogP contribution in [0.4, 0.5) is 0 Å². The zero-order valence-electron chi connectivity index (χ0n) is 7.22. The van der Waals surface area contributed by atoms with Crippen LogP contribution >= 0.6 is 10.5 Å². The van der Waals surface area contributed by atoms with Crippen molar-refractivity contribution in [3.63, 3.8) is 0 Å². The Morgan fingerprint density at radius 3 is 1.50 bits per heavy atom. The first-order valence-electron chi connectivity index (χ1n) is 3.52. The van der Waals surface area contributed by atoms with Gasteiger partial charge in [0, 0.05) is 0 Å². The summed E-state index contributed by atoms with van der Waals surface area (Å²) in [6.45, 7) is 0. The van der Waals surface area contributed by atoms with Crippen LogP contribution in [0.2, 0.25) is 0 Å². The van der Waals surface area contributed by atoms with Crippen molar-refractivity contribution in [2.45, 2.75) is 0 Å². The molecule has 0 aliphatic carbocycles. The summed E-state index contributed by atoms with van der Waals surface area (Å²) < 4.78 is 0. The van der Waals surface area contributed by atoms with Gasteiger partial charge < -0.3 is 0 Å². The first-order valence-corrected chi connectivity index (χ1v) is 5.08. The first-order chi connectivity index (χ1) is 4.63. The molecule has 1 aliphatic heterocycles. The minimum absolute atomic E-state index is 0.605. The molecule has 1 rings (SSSR count). The normalized spacial score (nSPS) is 18.6. The summed E-state index contributed by atoms with van der Waals surface area (Å²) in [5.41, 5.74) is 0. The van der Waals surface area contributed by atoms with Crippen molar-refractivity contribution in [2.24, 2.45) is 0 Å². The maximum absolute atomic E-state index is 2.23. The Kier molecular flexibility index (Phi) is 2.50. The second-order valence-corrected chi connectivity index (χ2v) is 5.14. The van der Waals surface area contributed by atoms with Crippen molar-refractivity contribution in [1.29, 1.82) is 0 Å². The molecule has 0 unspecified atom stereocenters. The largest absolute Gasteiger partial charge is 0.267 e. The highest BCUT2D eigenvalue weighted by Gasteiger charge is 2.18. The van der Waals surface area contributed by atoms with Gasteiger partial charge in [-0.15, -0.1) is 0 Å². The van der Waals surface area contributed by atoms with Crippen molar-refractivity contribution in [3.05, 3.63) is 0 Å². The third kappa shape index (κ3) is 1.81. The monoisotopic (exact) mass is 160 g/mol. The molecule has 0 bridgehead atoms. The van der Waals surface area contributed by atoms with Gasteiger partial charge in [0.15, 0.2) is 0 Å². The van der Waals surface area contributed by atoms with Gasteiger partial charge in [-0.05, 0) is 39.7 Å². The van der Waals surface area contributed by atoms with Crippen molar-refractivity contribution in [2.75, 3.05) is 39.7 Å². The van der Waals surface area contributed by atoms with Gasteiger partial charge >= 0.3 is 0 Å². The van der Waals surface area contributed by atoms with Crippen LogP contribution in [0.3, 0.4) is 0 Å². The highest BCUT2D eigenvalue weighted by atomic mass is 32.2. The van der Waals surface area contributed by atoms with Gasteiger partial charge in [-0.1, -0.05) is 0 Å². The van der Waals surface area contributed by atoms with E-state index >= 15 is 0 Å². The first kappa shape index (κ1) is 8.24. The number of rotatable bonds is 0. The lowest BCUT2D eigenvalue weighted by molar-refractivity contribution is 0.501. The van der Waals surface area contributed by atoms with Gasteiger partial charge in [0.05, 0.1) is 5.11 Å². The van der Waals surface area contributed by atoms with E-state index in [1.807, 2.05) is 0 Å². The van der Waals surface area contributed by atoms with Crippen LogP contribution in [0, 0.1) is 0 Å². The summed E-state index contributed by atoms with van der Waals surface area (Å²) in [6, 6.07) is 0. The molecule has 0 amide bonds. The molecule has 1 heterocycles. The number of hydrogen-bond donors (Lipinski definition) is 0. The van der Waals surface area contributed by atoms with E-state index in [4.69, 9.17) is 0 Å². The molecular formula is C7H16N2S. The van der Waals surface area contributed by atoms with E-state index < -0.39 is 0 Å². The smallest absolute Gasteiger partial charge is 0.0875 e. The van der Waals surface area contributed by atoms with Crippen molar-refractivity contribution in [1.82, 2.24) is 9.80 Å². The Morgan fingerprint density at radius 2 is 1.40 bits per heavy atom. The van der Waals surface area contributed by atoms with Crippen LogP contribution < -0.4 is 0 Å². The van der Waals surface area contributed by atoms with E-state index in [-0.39, 0.29) is 0 Å². The summed E-state index contributed by atoms with van der Waals surface area (Å²) >= 11 is 0. The van der Waals surface area contributed by atoms with Gasteiger partial charge in [0.1, 0.15) is 0 Å². The quantitative estimate of drug-likeness (QED) is 0.376. The molecule has 1 fully saturated rings. The minimum Gasteiger partial charge on any atom is -0.267 e. The molecule has 60 valence electrons. The summed E-state index contributed by atoms with van der Waals surface area (Å²) in [7, 11) is 9.11. The molecule has 0 spiro atoms. The molecule has 3 heteroatoms. The van der Waals surface area contributed by atoms with Gasteiger partial charge in [-0.3, -0.25) is 9.80 Å². The van der Waals surface area contributed by atoms with Crippen LogP contribution in [0.1, 0.15) is 0 Å². The fraction of sp³-hybridized carbons (Fsp3) is 0.857. The standard InChI is InChI=1S/C7H16N2S/c1-8(2)7(9(3)4)10-5-6-10/h5-6H2,1-4H3. The maximum atomic E-state index is 2.23. The molecule has 0 aromatic rings. The second-order valence-electron chi connectivity index (χ2n) is 2.97. The number of hydrogen-bond acceptors (Lipinski definition) is 0. The lowest BCUT2D eigenvalue weighted by Crippen LogP contribution is -2.34. The molecule has 0 aromatic heterocycles. The Labute approximate surface area is 65.7 Å². The lowest BCUT2D eigenvalue weighted by Gasteiger charge is -2.20. The summed E-state index contributed by atoms with van der Waals surface area (Å²) in [5, 5.41) is 1.50. The molecule has 2 nitrogen and oxygen atoms in total. The molecule has 0 atom stereocenters. The van der Waals surface area contributed by atoms with Crippen LogP contribution in [-0.4, -0.2) is 54.6 Å². The van der Waals surface area contributed by atoms with Gasteiger partial charge in [-0.2, -0.15) is 10.5 Å². The zero-order chi connectivity index (χ0) is 7.72. The fourth-order valence-corrected chi connectivity index (χ4v) is 2.87. The van der Waals surface area contributed by atoms with Crippen molar-refractivity contribution >= 4 is 15.6 Å². The molecule has 0 N–H and O–H groups in total. The van der Waals surface area contributed by atoms with E-state index in [9.17, 15) is 0 Å². The van der Waals surface area contributed by atoms with Crippen LogP contribution in [0.5, 0.6) is 0 Å². The average Bonchev–Trinajstić information content (AvgIpc) is 2.46. The van der Waals surface area contributed by atoms with Crippen LogP contribution in [0.15, 0.2) is 0 Å². The molecule has 10 heavy (non-hydrogen) atoms. The Balaban J connectivity index is 2.70. The predicted molar refractivity (Wildman–Crippen MR) is 49.7 cm³/mol. The van der Waals surface area contributed by atoms with Crippen molar-refractivity contribution < 1.29 is 0 Å². The minimum atomic E-state index is 0.605. The second kappa shape index (κ2) is 3.03. The topological polar surface area (TPSA) is 6.48 Å². The Hall–Kier alpha value is 0.140. The third-order valence-electron chi connectivity index (χ3n) is 1.43. The Bertz CT molecular complexity index is 145. The molecule has 1 aliphatic rings. The SMILES string of the molecule is CN(C)C(N(C)C)=S1CC1. The van der Waals surface area contributed by atoms with E-state index in [0.717, 1.165) is 0 Å². The molecule has 0 radical (unpaired) electrons. The van der Waals surface area contributed by atoms with E-state index in [1.54, 1.807) is 0 Å². The Morgan fingerprint density at radius 1 is 1.00 bits per heavy atom. The third-order valence-corrected chi connectivity index (χ3v) is 3.49. The lowest BCUT2D eigenvalue weighted by atomic mass is 10.8. The molecule has 0 saturated carbocycles. The highest BCUT2D eigenvalue weighted by Crippen LogP contribution is 2.31. The maximum Gasteiger partial charge on any atom is 0.0875 e. The van der Waals surface area contributed by atoms with Crippen LogP contribution in [0.25, 0.3) is 0 Å². The molecule has 1 saturated heterocycles. The van der Waals surface area contributed by atoms with Gasteiger partial charge in [0.25, 0.3) is 0 Å². The highest BCUT2D eigenvalue weighted by molar-refractivity contribution is 8.21. The zero-order valence-corrected chi connectivity index (χ0v) is 8.03. The van der Waals surface area contributed by atoms with E-state index in [0.29, 0.717) is 10.5 Å². The van der Waals surface area contributed by atoms with Crippen LogP contribution in [-0.2, 0) is 0 Å². The van der Waals surface area contributed by atoms with E-state index in [2.05, 4.69) is 38.0 Å². The summed E-state index contributed by atoms with van der Waals surface area (Å²) in [4.78, 5) is 4.46. The molecular weight excluding hydrogens is 144 g/mol. The summed E-state index contributed by atoms with van der Waals surface area (Å²) in [5.74, 6) is 2.82. The van der Waals surface area contributed by atoms with E-state index in [1.165, 1.54) is 16.6 Å². The van der Waals surface area contributed by atoms with Crippen molar-refractivity contribution in [3.8, 4) is 0 Å².